The number of benzene rings is 1. The van der Waals surface area contributed by atoms with Crippen molar-refractivity contribution >= 4 is 39.5 Å². The summed E-state index contributed by atoms with van der Waals surface area (Å²) in [4.78, 5) is 12.8. The number of nitrogen functional groups attached to an aromatic ring is 1. The lowest BCUT2D eigenvalue weighted by molar-refractivity contribution is 0.310. The van der Waals surface area contributed by atoms with Crippen LogP contribution in [0, 0.1) is 6.92 Å². The number of nitrogens with zero attached hydrogens (tertiary/aromatic N) is 3. The lowest BCUT2D eigenvalue weighted by Crippen LogP contribution is -2.03. The normalized spacial score (nSPS) is 11.0. The van der Waals surface area contributed by atoms with E-state index in [0.717, 1.165) is 16.6 Å². The molecule has 0 saturated heterocycles. The van der Waals surface area contributed by atoms with Crippen LogP contribution >= 0.6 is 22.9 Å². The van der Waals surface area contributed by atoms with Crippen LogP contribution < -0.4 is 10.5 Å². The SMILES string of the molecule is Cc1cc(-c2csc(O)n2)c2cccc(OCc3c(N)cncc3Cl)c2n1. The first-order valence-electron chi connectivity index (χ1n) is 8.09. The number of para-hydroxylation sites is 1. The number of aryl methyl sites for hydroxylation is 1. The predicted molar refractivity (Wildman–Crippen MR) is 107 cm³/mol. The van der Waals surface area contributed by atoms with Gasteiger partial charge in [0.2, 0.25) is 0 Å². The van der Waals surface area contributed by atoms with E-state index in [4.69, 9.17) is 22.1 Å². The molecular weight excluding hydrogens is 384 g/mol. The van der Waals surface area contributed by atoms with Crippen molar-refractivity contribution in [3.63, 3.8) is 0 Å². The number of rotatable bonds is 4. The number of halogens is 1. The van der Waals surface area contributed by atoms with Crippen molar-refractivity contribution in [3.05, 3.63) is 58.3 Å². The number of fused-ring (bicyclic) bond motifs is 1. The highest BCUT2D eigenvalue weighted by Crippen LogP contribution is 2.35. The van der Waals surface area contributed by atoms with Crippen LogP contribution in [0.25, 0.3) is 22.2 Å². The summed E-state index contributed by atoms with van der Waals surface area (Å²) >= 11 is 7.36. The smallest absolute Gasteiger partial charge is 0.271 e. The molecule has 0 radical (unpaired) electrons. The lowest BCUT2D eigenvalue weighted by atomic mass is 10.1. The van der Waals surface area contributed by atoms with Gasteiger partial charge in [0.25, 0.3) is 5.19 Å². The van der Waals surface area contributed by atoms with Gasteiger partial charge < -0.3 is 15.6 Å². The highest BCUT2D eigenvalue weighted by molar-refractivity contribution is 7.11. The molecule has 3 heterocycles. The Balaban J connectivity index is 1.77. The van der Waals surface area contributed by atoms with E-state index < -0.39 is 0 Å². The monoisotopic (exact) mass is 398 g/mol. The second kappa shape index (κ2) is 7.02. The summed E-state index contributed by atoms with van der Waals surface area (Å²) < 4.78 is 6.00. The Bertz CT molecular complexity index is 1130. The van der Waals surface area contributed by atoms with E-state index in [1.807, 2.05) is 36.6 Å². The van der Waals surface area contributed by atoms with Crippen LogP contribution in [0.3, 0.4) is 0 Å². The molecule has 136 valence electrons. The van der Waals surface area contributed by atoms with Crippen LogP contribution in [-0.4, -0.2) is 20.1 Å². The molecule has 8 heteroatoms. The van der Waals surface area contributed by atoms with Crippen LogP contribution in [0.5, 0.6) is 10.9 Å². The molecule has 1 aromatic carbocycles. The molecule has 0 amide bonds. The zero-order valence-electron chi connectivity index (χ0n) is 14.3. The summed E-state index contributed by atoms with van der Waals surface area (Å²) in [6, 6.07) is 7.64. The number of thiazole rings is 1. The Morgan fingerprint density at radius 1 is 1.26 bits per heavy atom. The van der Waals surface area contributed by atoms with Crippen molar-refractivity contribution in [3.8, 4) is 22.2 Å². The van der Waals surface area contributed by atoms with Crippen LogP contribution in [0.4, 0.5) is 5.69 Å². The quantitative estimate of drug-likeness (QED) is 0.522. The number of hydrogen-bond acceptors (Lipinski definition) is 7. The van der Waals surface area contributed by atoms with Crippen molar-refractivity contribution in [2.45, 2.75) is 13.5 Å². The molecule has 4 rings (SSSR count). The number of ether oxygens (including phenoxy) is 1. The van der Waals surface area contributed by atoms with E-state index in [-0.39, 0.29) is 11.8 Å². The molecule has 3 aromatic heterocycles. The zero-order valence-corrected chi connectivity index (χ0v) is 15.9. The highest BCUT2D eigenvalue weighted by Gasteiger charge is 2.14. The summed E-state index contributed by atoms with van der Waals surface area (Å²) in [6.45, 7) is 2.11. The molecule has 0 spiro atoms. The maximum Gasteiger partial charge on any atom is 0.271 e. The van der Waals surface area contributed by atoms with Gasteiger partial charge >= 0.3 is 0 Å². The first-order chi connectivity index (χ1) is 13.0. The molecule has 0 aliphatic carbocycles. The third-order valence-corrected chi connectivity index (χ3v) is 5.08. The Morgan fingerprint density at radius 3 is 2.85 bits per heavy atom. The van der Waals surface area contributed by atoms with Gasteiger partial charge in [0.1, 0.15) is 17.9 Å². The van der Waals surface area contributed by atoms with Crippen molar-refractivity contribution in [1.82, 2.24) is 15.0 Å². The number of nitrogens with two attached hydrogens (primary N) is 1. The van der Waals surface area contributed by atoms with E-state index in [1.54, 1.807) is 6.20 Å². The van der Waals surface area contributed by atoms with Gasteiger partial charge in [-0.3, -0.25) is 4.98 Å². The maximum atomic E-state index is 9.61. The third-order valence-electron chi connectivity index (χ3n) is 4.11. The number of anilines is 1. The van der Waals surface area contributed by atoms with Gasteiger partial charge in [0.15, 0.2) is 0 Å². The average molecular weight is 399 g/mol. The standard InChI is InChI=1S/C19H15ClN4O2S/c1-10-5-12(16-9-27-19(25)24-16)11-3-2-4-17(18(11)23-10)26-8-13-14(20)6-22-7-15(13)21/h2-7,9H,8,21H2,1H3,(H,24,25). The van der Waals surface area contributed by atoms with Crippen molar-refractivity contribution in [1.29, 1.82) is 0 Å². The molecule has 0 aliphatic heterocycles. The summed E-state index contributed by atoms with van der Waals surface area (Å²) in [5.41, 5.74) is 10.2. The summed E-state index contributed by atoms with van der Waals surface area (Å²) in [6.07, 6.45) is 3.08. The molecule has 27 heavy (non-hydrogen) atoms. The number of aromatic hydroxyl groups is 1. The highest BCUT2D eigenvalue weighted by atomic mass is 35.5. The van der Waals surface area contributed by atoms with Gasteiger partial charge in [-0.15, -0.1) is 0 Å². The minimum Gasteiger partial charge on any atom is -0.486 e. The number of pyridine rings is 2. The van der Waals surface area contributed by atoms with Gasteiger partial charge in [-0.05, 0) is 19.1 Å². The van der Waals surface area contributed by atoms with Crippen LogP contribution in [0.1, 0.15) is 11.3 Å². The van der Waals surface area contributed by atoms with Gasteiger partial charge in [-0.25, -0.2) is 9.97 Å². The fourth-order valence-corrected chi connectivity index (χ4v) is 3.61. The van der Waals surface area contributed by atoms with Crippen molar-refractivity contribution < 1.29 is 9.84 Å². The van der Waals surface area contributed by atoms with Crippen molar-refractivity contribution in [2.24, 2.45) is 0 Å². The Morgan fingerprint density at radius 2 is 2.11 bits per heavy atom. The molecule has 3 N–H and O–H groups in total. The maximum absolute atomic E-state index is 9.61. The molecule has 0 atom stereocenters. The van der Waals surface area contributed by atoms with E-state index >= 15 is 0 Å². The number of aromatic nitrogens is 3. The predicted octanol–water partition coefficient (Wildman–Crippen LogP) is 4.58. The van der Waals surface area contributed by atoms with E-state index in [2.05, 4.69) is 15.0 Å². The zero-order chi connectivity index (χ0) is 19.0. The lowest BCUT2D eigenvalue weighted by Gasteiger charge is -2.13. The Labute approximate surface area is 164 Å². The first-order valence-corrected chi connectivity index (χ1v) is 9.34. The molecule has 0 saturated carbocycles. The average Bonchev–Trinajstić information content (AvgIpc) is 3.07. The van der Waals surface area contributed by atoms with Gasteiger partial charge in [0.05, 0.1) is 22.6 Å². The molecule has 0 aliphatic rings. The Kier molecular flexibility index (Phi) is 4.55. The topological polar surface area (TPSA) is 94.2 Å². The van der Waals surface area contributed by atoms with Crippen LogP contribution in [0.15, 0.2) is 42.0 Å². The summed E-state index contributed by atoms with van der Waals surface area (Å²) in [5, 5.41) is 12.8. The minimum atomic E-state index is 0.0304. The molecule has 0 bridgehead atoms. The van der Waals surface area contributed by atoms with Crippen LogP contribution in [0.2, 0.25) is 5.02 Å². The molecule has 0 fully saturated rings. The Hall–Kier alpha value is -2.90. The second-order valence-electron chi connectivity index (χ2n) is 5.96. The molecule has 4 aromatic rings. The van der Waals surface area contributed by atoms with E-state index in [9.17, 15) is 5.11 Å². The van der Waals surface area contributed by atoms with Crippen LogP contribution in [-0.2, 0) is 6.61 Å². The fraction of sp³-hybridized carbons (Fsp3) is 0.105. The number of hydrogen-bond donors (Lipinski definition) is 2. The van der Waals surface area contributed by atoms with Crippen molar-refractivity contribution in [2.75, 3.05) is 5.73 Å². The fourth-order valence-electron chi connectivity index (χ4n) is 2.85. The van der Waals surface area contributed by atoms with E-state index in [0.29, 0.717) is 33.2 Å². The van der Waals surface area contributed by atoms with Gasteiger partial charge in [-0.1, -0.05) is 35.1 Å². The minimum absolute atomic E-state index is 0.0304. The van der Waals surface area contributed by atoms with E-state index in [1.165, 1.54) is 17.5 Å². The third kappa shape index (κ3) is 3.39. The first kappa shape index (κ1) is 17.5. The largest absolute Gasteiger partial charge is 0.486 e. The second-order valence-corrected chi connectivity index (χ2v) is 7.20. The summed E-state index contributed by atoms with van der Waals surface area (Å²) in [7, 11) is 0. The molecular formula is C19H15ClN4O2S. The summed E-state index contributed by atoms with van der Waals surface area (Å²) in [5.74, 6) is 0.615. The molecule has 6 nitrogen and oxygen atoms in total. The molecule has 0 unspecified atom stereocenters. The van der Waals surface area contributed by atoms with Gasteiger partial charge in [0, 0.05) is 33.8 Å². The van der Waals surface area contributed by atoms with Gasteiger partial charge in [-0.2, -0.15) is 0 Å².